The number of hydrogen-bond acceptors (Lipinski definition) is 3. The molecule has 2 aromatic rings. The third-order valence-corrected chi connectivity index (χ3v) is 5.62. The van der Waals surface area contributed by atoms with Crippen LogP contribution in [0.25, 0.3) is 15.9 Å². The van der Waals surface area contributed by atoms with Crippen molar-refractivity contribution >= 4 is 28.6 Å². The number of aryl methyl sites for hydroxylation is 1. The Morgan fingerprint density at radius 2 is 2.12 bits per heavy atom. The van der Waals surface area contributed by atoms with Gasteiger partial charge in [0.05, 0.1) is 29.6 Å². The molecule has 1 fully saturated rings. The van der Waals surface area contributed by atoms with Crippen molar-refractivity contribution in [3.63, 3.8) is 0 Å². The van der Waals surface area contributed by atoms with Gasteiger partial charge >= 0.3 is 0 Å². The lowest BCUT2D eigenvalue weighted by molar-refractivity contribution is -0.121. The first kappa shape index (κ1) is 18.4. The number of aliphatic hydroxyl groups is 1. The molecule has 6 heteroatoms. The molecular weight excluding hydrogens is 328 g/mol. The Hall–Kier alpha value is -2.39. The van der Waals surface area contributed by atoms with E-state index >= 15 is 0 Å². The van der Waals surface area contributed by atoms with Crippen LogP contribution in [0.4, 0.5) is 11.6 Å². The quantitative estimate of drug-likeness (QED) is 0.750. The van der Waals surface area contributed by atoms with Gasteiger partial charge in [-0.3, -0.25) is 10.1 Å². The smallest absolute Gasteiger partial charge is 0.229 e. The van der Waals surface area contributed by atoms with E-state index in [1.54, 1.807) is 0 Å². The van der Waals surface area contributed by atoms with Crippen molar-refractivity contribution in [1.82, 2.24) is 9.55 Å². The minimum Gasteiger partial charge on any atom is -0.389 e. The summed E-state index contributed by atoms with van der Waals surface area (Å²) in [6.45, 7) is 13.0. The predicted octanol–water partition coefficient (Wildman–Crippen LogP) is 4.50. The summed E-state index contributed by atoms with van der Waals surface area (Å²) in [4.78, 5) is 20.7. The summed E-state index contributed by atoms with van der Waals surface area (Å²) in [5, 5.41) is 13.3. The van der Waals surface area contributed by atoms with Crippen LogP contribution in [0.15, 0.2) is 12.1 Å². The van der Waals surface area contributed by atoms with E-state index in [1.165, 1.54) is 0 Å². The van der Waals surface area contributed by atoms with Gasteiger partial charge in [-0.1, -0.05) is 13.8 Å². The first-order valence-electron chi connectivity index (χ1n) is 9.33. The summed E-state index contributed by atoms with van der Waals surface area (Å²) < 4.78 is 2.06. The highest BCUT2D eigenvalue weighted by Gasteiger charge is 2.29. The Morgan fingerprint density at radius 3 is 2.65 bits per heavy atom. The number of carbonyl (C=O) groups excluding carboxylic acids is 1. The summed E-state index contributed by atoms with van der Waals surface area (Å²) >= 11 is 0. The molecular formula is C20H26N4O2. The zero-order valence-electron chi connectivity index (χ0n) is 15.7. The second-order valence-electron chi connectivity index (χ2n) is 7.29. The number of nitrogens with one attached hydrogen (secondary N) is 1. The number of benzene rings is 1. The molecule has 0 aliphatic heterocycles. The van der Waals surface area contributed by atoms with E-state index in [4.69, 9.17) is 6.57 Å². The third kappa shape index (κ3) is 3.32. The van der Waals surface area contributed by atoms with Crippen LogP contribution in [0.3, 0.4) is 0 Å². The number of nitrogens with zero attached hydrogens (tertiary/aromatic N) is 3. The number of anilines is 1. The normalized spacial score (nSPS) is 14.9. The molecule has 6 nitrogen and oxygen atoms in total. The van der Waals surface area contributed by atoms with E-state index < -0.39 is 5.60 Å². The van der Waals surface area contributed by atoms with Gasteiger partial charge in [-0.05, 0) is 56.7 Å². The molecule has 1 aromatic carbocycles. The first-order chi connectivity index (χ1) is 12.4. The molecule has 1 heterocycles. The number of amides is 1. The van der Waals surface area contributed by atoms with Crippen LogP contribution in [0, 0.1) is 13.5 Å². The van der Waals surface area contributed by atoms with Crippen molar-refractivity contribution < 1.29 is 9.90 Å². The molecule has 1 aromatic heterocycles. The Morgan fingerprint density at radius 1 is 1.42 bits per heavy atom. The molecule has 0 radical (unpaired) electrons. The Kier molecular flexibility index (Phi) is 5.01. The summed E-state index contributed by atoms with van der Waals surface area (Å²) in [6.07, 6.45) is 4.37. The molecule has 1 amide bonds. The van der Waals surface area contributed by atoms with Gasteiger partial charge in [-0.15, -0.1) is 0 Å². The lowest BCUT2D eigenvalue weighted by Crippen LogP contribution is -2.33. The van der Waals surface area contributed by atoms with Crippen LogP contribution in [-0.2, 0) is 4.79 Å². The van der Waals surface area contributed by atoms with Gasteiger partial charge in [-0.25, -0.2) is 9.83 Å². The van der Waals surface area contributed by atoms with E-state index in [0.717, 1.165) is 35.9 Å². The third-order valence-electron chi connectivity index (χ3n) is 5.62. The van der Waals surface area contributed by atoms with E-state index in [1.807, 2.05) is 32.9 Å². The molecule has 1 saturated carbocycles. The summed E-state index contributed by atoms with van der Waals surface area (Å²) in [5.41, 5.74) is 2.20. The largest absolute Gasteiger partial charge is 0.389 e. The maximum Gasteiger partial charge on any atom is 0.229 e. The van der Waals surface area contributed by atoms with Crippen molar-refractivity contribution in [1.29, 1.82) is 0 Å². The number of hydrogen-bond donors (Lipinski definition) is 2. The Bertz CT molecular complexity index is 870. The lowest BCUT2D eigenvalue weighted by Gasteiger charge is -2.29. The highest BCUT2D eigenvalue weighted by atomic mass is 16.3. The van der Waals surface area contributed by atoms with Crippen LogP contribution in [0.5, 0.6) is 0 Å². The average Bonchev–Trinajstić information content (AvgIpc) is 2.89. The van der Waals surface area contributed by atoms with Gasteiger partial charge in [0.15, 0.2) is 5.69 Å². The first-order valence-corrected chi connectivity index (χ1v) is 9.33. The standard InChI is InChI=1S/C20H26N4O2/c1-5-20(26,6-2)12-18(25)23-19-22-16-10-13(3)15(21-4)11-17(16)24(19)14-8-7-9-14/h10-11,14,26H,5-9,12H2,1-3H3,(H,22,23,25). The molecule has 0 unspecified atom stereocenters. The number of imidazole rings is 1. The average molecular weight is 354 g/mol. The molecule has 3 rings (SSSR count). The van der Waals surface area contributed by atoms with Crippen molar-refractivity contribution in [3.8, 4) is 0 Å². The van der Waals surface area contributed by atoms with Crippen LogP contribution >= 0.6 is 0 Å². The molecule has 0 atom stereocenters. The number of carbonyl (C=O) groups is 1. The Labute approximate surface area is 154 Å². The van der Waals surface area contributed by atoms with Gasteiger partial charge in [-0.2, -0.15) is 0 Å². The van der Waals surface area contributed by atoms with Gasteiger partial charge in [0.25, 0.3) is 0 Å². The molecule has 0 saturated heterocycles. The van der Waals surface area contributed by atoms with E-state index in [2.05, 4.69) is 19.7 Å². The minimum atomic E-state index is -0.981. The molecule has 1 aliphatic rings. The Balaban J connectivity index is 1.97. The number of fused-ring (bicyclic) bond motifs is 1. The predicted molar refractivity (Wildman–Crippen MR) is 102 cm³/mol. The fraction of sp³-hybridized carbons (Fsp3) is 0.550. The SMILES string of the molecule is [C-]#[N+]c1cc2c(cc1C)nc(NC(=O)CC(O)(CC)CC)n2C1CCC1. The molecule has 0 bridgehead atoms. The zero-order valence-corrected chi connectivity index (χ0v) is 15.7. The van der Waals surface area contributed by atoms with Crippen molar-refractivity contribution in [2.75, 3.05) is 5.32 Å². The molecule has 1 aliphatic carbocycles. The number of aromatic nitrogens is 2. The second kappa shape index (κ2) is 7.08. The zero-order chi connectivity index (χ0) is 18.9. The maximum atomic E-state index is 12.5. The van der Waals surface area contributed by atoms with E-state index in [-0.39, 0.29) is 12.3 Å². The minimum absolute atomic E-state index is 0.0558. The van der Waals surface area contributed by atoms with Crippen molar-refractivity contribution in [3.05, 3.63) is 29.1 Å². The van der Waals surface area contributed by atoms with E-state index in [0.29, 0.717) is 30.5 Å². The summed E-state index contributed by atoms with van der Waals surface area (Å²) in [6, 6.07) is 4.07. The molecule has 138 valence electrons. The van der Waals surface area contributed by atoms with Gasteiger partial charge < -0.3 is 9.67 Å². The maximum absolute atomic E-state index is 12.5. The summed E-state index contributed by atoms with van der Waals surface area (Å²) in [7, 11) is 0. The van der Waals surface area contributed by atoms with Gasteiger partial charge in [0.2, 0.25) is 11.9 Å². The fourth-order valence-corrected chi connectivity index (χ4v) is 3.43. The lowest BCUT2D eigenvalue weighted by atomic mass is 9.92. The number of rotatable bonds is 6. The second-order valence-corrected chi connectivity index (χ2v) is 7.29. The highest BCUT2D eigenvalue weighted by Crippen LogP contribution is 2.39. The topological polar surface area (TPSA) is 71.5 Å². The van der Waals surface area contributed by atoms with Crippen LogP contribution in [-0.4, -0.2) is 26.2 Å². The fourth-order valence-electron chi connectivity index (χ4n) is 3.43. The van der Waals surface area contributed by atoms with E-state index in [9.17, 15) is 9.90 Å². The molecule has 26 heavy (non-hydrogen) atoms. The van der Waals surface area contributed by atoms with Crippen molar-refractivity contribution in [2.24, 2.45) is 0 Å². The monoisotopic (exact) mass is 354 g/mol. The van der Waals surface area contributed by atoms with Gasteiger partial charge in [0, 0.05) is 6.04 Å². The van der Waals surface area contributed by atoms with Crippen LogP contribution in [0.2, 0.25) is 0 Å². The van der Waals surface area contributed by atoms with Crippen LogP contribution in [0.1, 0.15) is 64.0 Å². The van der Waals surface area contributed by atoms with Gasteiger partial charge in [0.1, 0.15) is 0 Å². The summed E-state index contributed by atoms with van der Waals surface area (Å²) in [5.74, 6) is 0.292. The van der Waals surface area contributed by atoms with Crippen molar-refractivity contribution in [2.45, 2.75) is 70.9 Å². The molecule has 2 N–H and O–H groups in total. The van der Waals surface area contributed by atoms with Crippen LogP contribution < -0.4 is 5.32 Å². The highest BCUT2D eigenvalue weighted by molar-refractivity contribution is 5.93. The molecule has 0 spiro atoms.